The second kappa shape index (κ2) is 5.92. The van der Waals surface area contributed by atoms with Crippen molar-refractivity contribution in [2.75, 3.05) is 13.7 Å². The Morgan fingerprint density at radius 1 is 1.10 bits per heavy atom. The molecule has 0 aliphatic carbocycles. The number of rotatable bonds is 3. The van der Waals surface area contributed by atoms with Crippen LogP contribution in [0.1, 0.15) is 28.8 Å². The maximum absolute atomic E-state index is 14.1. The van der Waals surface area contributed by atoms with Crippen molar-refractivity contribution in [2.24, 2.45) is 0 Å². The molecule has 0 radical (unpaired) electrons. The quantitative estimate of drug-likeness (QED) is 0.933. The minimum atomic E-state index is -0.562. The molecular weight excluding hydrogens is 272 g/mol. The molecule has 0 saturated heterocycles. The molecule has 2 aromatic carbocycles. The molecule has 2 unspecified atom stereocenters. The molecule has 0 aromatic heterocycles. The first-order valence-corrected chi connectivity index (χ1v) is 7.03. The van der Waals surface area contributed by atoms with Gasteiger partial charge in [0.05, 0.1) is 12.6 Å². The Kier molecular flexibility index (Phi) is 3.99. The Morgan fingerprint density at radius 3 is 2.52 bits per heavy atom. The van der Waals surface area contributed by atoms with Gasteiger partial charge in [-0.25, -0.2) is 8.78 Å². The summed E-state index contributed by atoms with van der Waals surface area (Å²) < 4.78 is 34.0. The monoisotopic (exact) mass is 289 g/mol. The number of benzene rings is 2. The molecule has 0 bridgehead atoms. The fourth-order valence-electron chi connectivity index (χ4n) is 2.96. The van der Waals surface area contributed by atoms with Gasteiger partial charge in [-0.05, 0) is 36.7 Å². The summed E-state index contributed by atoms with van der Waals surface area (Å²) in [5, 5.41) is 3.01. The number of hydrogen-bond donors (Lipinski definition) is 1. The highest BCUT2D eigenvalue weighted by atomic mass is 19.1. The van der Waals surface area contributed by atoms with Crippen LogP contribution in [0.4, 0.5) is 8.78 Å². The molecular formula is C17H17F2NO. The maximum Gasteiger partial charge on any atom is 0.131 e. The first kappa shape index (κ1) is 14.2. The Morgan fingerprint density at radius 2 is 1.81 bits per heavy atom. The number of halogens is 2. The van der Waals surface area contributed by atoms with Crippen LogP contribution >= 0.6 is 0 Å². The zero-order valence-corrected chi connectivity index (χ0v) is 11.8. The lowest BCUT2D eigenvalue weighted by molar-refractivity contribution is 0.0149. The van der Waals surface area contributed by atoms with Crippen LogP contribution in [-0.4, -0.2) is 13.7 Å². The summed E-state index contributed by atoms with van der Waals surface area (Å²) in [7, 11) is 1.69. The molecule has 0 amide bonds. The Labute approximate surface area is 122 Å². The fraction of sp³-hybridized carbons (Fsp3) is 0.294. The average molecular weight is 289 g/mol. The van der Waals surface area contributed by atoms with E-state index in [0.29, 0.717) is 6.61 Å². The third kappa shape index (κ3) is 2.57. The minimum Gasteiger partial charge on any atom is -0.371 e. The van der Waals surface area contributed by atoms with Gasteiger partial charge in [-0.3, -0.25) is 0 Å². The lowest BCUT2D eigenvalue weighted by atomic mass is 9.89. The van der Waals surface area contributed by atoms with E-state index in [-0.39, 0.29) is 5.56 Å². The summed E-state index contributed by atoms with van der Waals surface area (Å²) in [6.45, 7) is 0.552. The Balaban J connectivity index is 2.06. The van der Waals surface area contributed by atoms with E-state index in [1.54, 1.807) is 7.05 Å². The number of nitrogens with one attached hydrogen (secondary N) is 1. The van der Waals surface area contributed by atoms with E-state index in [2.05, 4.69) is 5.32 Å². The van der Waals surface area contributed by atoms with Gasteiger partial charge in [0.2, 0.25) is 0 Å². The van der Waals surface area contributed by atoms with Gasteiger partial charge in [0.25, 0.3) is 0 Å². The molecule has 1 aliphatic rings. The van der Waals surface area contributed by atoms with Crippen LogP contribution in [0.25, 0.3) is 0 Å². The molecule has 2 nitrogen and oxygen atoms in total. The van der Waals surface area contributed by atoms with Gasteiger partial charge in [-0.15, -0.1) is 0 Å². The first-order valence-electron chi connectivity index (χ1n) is 7.03. The van der Waals surface area contributed by atoms with Gasteiger partial charge in [0, 0.05) is 5.56 Å². The van der Waals surface area contributed by atoms with Gasteiger partial charge in [-0.1, -0.05) is 30.3 Å². The fourth-order valence-corrected chi connectivity index (χ4v) is 2.96. The molecule has 21 heavy (non-hydrogen) atoms. The molecule has 4 heteroatoms. The van der Waals surface area contributed by atoms with Crippen molar-refractivity contribution >= 4 is 0 Å². The third-order valence-corrected chi connectivity index (χ3v) is 3.95. The van der Waals surface area contributed by atoms with Gasteiger partial charge in [0.15, 0.2) is 0 Å². The largest absolute Gasteiger partial charge is 0.371 e. The normalized spacial score (nSPS) is 19.1. The highest BCUT2D eigenvalue weighted by Gasteiger charge is 2.32. The van der Waals surface area contributed by atoms with Crippen molar-refractivity contribution in [1.82, 2.24) is 5.32 Å². The number of hydrogen-bond acceptors (Lipinski definition) is 2. The lowest BCUT2D eigenvalue weighted by Crippen LogP contribution is -2.31. The summed E-state index contributed by atoms with van der Waals surface area (Å²) in [6.07, 6.45) is 0.425. The van der Waals surface area contributed by atoms with Gasteiger partial charge < -0.3 is 10.1 Å². The molecule has 1 heterocycles. The van der Waals surface area contributed by atoms with Crippen LogP contribution in [0.2, 0.25) is 0 Å². The summed E-state index contributed by atoms with van der Waals surface area (Å²) >= 11 is 0. The number of fused-ring (bicyclic) bond motifs is 1. The van der Waals surface area contributed by atoms with E-state index in [1.807, 2.05) is 24.3 Å². The van der Waals surface area contributed by atoms with Crippen molar-refractivity contribution < 1.29 is 13.5 Å². The van der Waals surface area contributed by atoms with E-state index in [1.165, 1.54) is 23.8 Å². The summed E-state index contributed by atoms with van der Waals surface area (Å²) in [6, 6.07) is 11.3. The predicted octanol–water partition coefficient (Wildman–Crippen LogP) is 3.54. The van der Waals surface area contributed by atoms with Crippen LogP contribution in [0, 0.1) is 11.6 Å². The van der Waals surface area contributed by atoms with Crippen LogP contribution < -0.4 is 5.32 Å². The average Bonchev–Trinajstić information content (AvgIpc) is 2.51. The van der Waals surface area contributed by atoms with Gasteiger partial charge in [-0.2, -0.15) is 0 Å². The van der Waals surface area contributed by atoms with E-state index in [9.17, 15) is 8.78 Å². The summed E-state index contributed by atoms with van der Waals surface area (Å²) in [4.78, 5) is 0. The van der Waals surface area contributed by atoms with E-state index >= 15 is 0 Å². The maximum atomic E-state index is 14.1. The minimum absolute atomic E-state index is 0.0294. The predicted molar refractivity (Wildman–Crippen MR) is 77.0 cm³/mol. The van der Waals surface area contributed by atoms with Gasteiger partial charge >= 0.3 is 0 Å². The summed E-state index contributed by atoms with van der Waals surface area (Å²) in [5.74, 6) is -1.11. The van der Waals surface area contributed by atoms with Crippen LogP contribution in [-0.2, 0) is 11.2 Å². The third-order valence-electron chi connectivity index (χ3n) is 3.95. The molecule has 2 aromatic rings. The molecule has 110 valence electrons. The van der Waals surface area contributed by atoms with Gasteiger partial charge in [0.1, 0.15) is 17.7 Å². The Bertz CT molecular complexity index is 624. The lowest BCUT2D eigenvalue weighted by Gasteiger charge is -2.33. The molecule has 1 aliphatic heterocycles. The van der Waals surface area contributed by atoms with Crippen LogP contribution in [0.15, 0.2) is 42.5 Å². The first-order chi connectivity index (χ1) is 10.2. The second-order valence-electron chi connectivity index (χ2n) is 5.14. The highest BCUT2D eigenvalue weighted by molar-refractivity contribution is 5.35. The van der Waals surface area contributed by atoms with Crippen molar-refractivity contribution in [2.45, 2.75) is 18.6 Å². The smallest absolute Gasteiger partial charge is 0.131 e. The zero-order chi connectivity index (χ0) is 14.8. The molecule has 0 saturated carbocycles. The van der Waals surface area contributed by atoms with Crippen molar-refractivity contribution in [3.05, 3.63) is 70.8 Å². The van der Waals surface area contributed by atoms with E-state index < -0.39 is 23.8 Å². The zero-order valence-electron chi connectivity index (χ0n) is 11.8. The van der Waals surface area contributed by atoms with Crippen LogP contribution in [0.3, 0.4) is 0 Å². The molecule has 2 atom stereocenters. The van der Waals surface area contributed by atoms with Crippen molar-refractivity contribution in [3.63, 3.8) is 0 Å². The second-order valence-corrected chi connectivity index (χ2v) is 5.14. The van der Waals surface area contributed by atoms with Crippen LogP contribution in [0.5, 0.6) is 0 Å². The topological polar surface area (TPSA) is 21.3 Å². The Hall–Kier alpha value is -1.78. The molecule has 3 rings (SSSR count). The van der Waals surface area contributed by atoms with E-state index in [4.69, 9.17) is 4.74 Å². The van der Waals surface area contributed by atoms with Crippen molar-refractivity contribution in [1.29, 1.82) is 0 Å². The SMILES string of the molecule is CNC(c1c(F)cccc1F)C1OCCc2ccccc21. The molecule has 1 N–H and O–H groups in total. The number of likely N-dealkylation sites (N-methyl/N-ethyl adjacent to an activating group) is 1. The molecule has 0 fully saturated rings. The molecule has 0 spiro atoms. The van der Waals surface area contributed by atoms with E-state index in [0.717, 1.165) is 12.0 Å². The standard InChI is InChI=1S/C17H17F2NO/c1-20-16(15-13(18)7-4-8-14(15)19)17-12-6-3-2-5-11(12)9-10-21-17/h2-8,16-17,20H,9-10H2,1H3. The summed E-state index contributed by atoms with van der Waals surface area (Å²) in [5.41, 5.74) is 2.19. The number of ether oxygens (including phenoxy) is 1. The van der Waals surface area contributed by atoms with Crippen molar-refractivity contribution in [3.8, 4) is 0 Å². The highest BCUT2D eigenvalue weighted by Crippen LogP contribution is 2.38.